The molecule has 5 heteroatoms. The molecule has 1 fully saturated rings. The maximum Gasteiger partial charge on any atom is 0.222 e. The summed E-state index contributed by atoms with van der Waals surface area (Å²) in [6.45, 7) is 9.21. The lowest BCUT2D eigenvalue weighted by Gasteiger charge is -2.36. The quantitative estimate of drug-likeness (QED) is 0.621. The number of anilines is 1. The molecule has 0 unspecified atom stereocenters. The van der Waals surface area contributed by atoms with Crippen molar-refractivity contribution in [2.24, 2.45) is 0 Å². The number of carbonyl (C=O) groups excluding carboxylic acids is 1. The first-order valence-corrected chi connectivity index (χ1v) is 11.1. The molecule has 4 rings (SSSR count). The molecule has 0 atom stereocenters. The highest BCUT2D eigenvalue weighted by atomic mass is 16.2. The first kappa shape index (κ1) is 21.0. The normalized spacial score (nSPS) is 14.0. The lowest BCUT2D eigenvalue weighted by Crippen LogP contribution is -2.49. The van der Waals surface area contributed by atoms with Crippen molar-refractivity contribution in [3.63, 3.8) is 0 Å². The van der Waals surface area contributed by atoms with Crippen LogP contribution < -0.4 is 4.90 Å². The number of rotatable bonds is 5. The molecule has 5 nitrogen and oxygen atoms in total. The highest BCUT2D eigenvalue weighted by Gasteiger charge is 2.25. The number of hydrogen-bond acceptors (Lipinski definition) is 4. The Morgan fingerprint density at radius 1 is 0.903 bits per heavy atom. The molecule has 0 spiro atoms. The molecule has 1 saturated heterocycles. The Bertz CT molecular complexity index is 1060. The molecule has 3 aromatic rings. The summed E-state index contributed by atoms with van der Waals surface area (Å²) < 4.78 is 0. The van der Waals surface area contributed by atoms with Gasteiger partial charge in [-0.15, -0.1) is 0 Å². The number of piperazine rings is 1. The number of aryl methyl sites for hydroxylation is 2. The molecule has 31 heavy (non-hydrogen) atoms. The van der Waals surface area contributed by atoms with Crippen LogP contribution in [0.4, 0.5) is 5.82 Å². The standard InChI is InChI=1S/C26H30N4O/c1-4-24(31)29-14-16-30(17-15-29)26-23(18-22-13-9-8-10-19(22)2)20(3)27-25(28-26)21-11-6-5-7-12-21/h5-13H,4,14-18H2,1-3H3. The second kappa shape index (κ2) is 9.29. The number of hydrogen-bond donors (Lipinski definition) is 0. The van der Waals surface area contributed by atoms with Crippen LogP contribution in [-0.2, 0) is 11.2 Å². The van der Waals surface area contributed by atoms with E-state index in [1.54, 1.807) is 0 Å². The van der Waals surface area contributed by atoms with Gasteiger partial charge in [-0.1, -0.05) is 61.5 Å². The third kappa shape index (κ3) is 4.61. The van der Waals surface area contributed by atoms with Gasteiger partial charge in [-0.2, -0.15) is 0 Å². The predicted molar refractivity (Wildman–Crippen MR) is 125 cm³/mol. The van der Waals surface area contributed by atoms with Gasteiger partial charge in [0.05, 0.1) is 0 Å². The minimum Gasteiger partial charge on any atom is -0.353 e. The van der Waals surface area contributed by atoms with Gasteiger partial charge in [-0.05, 0) is 25.0 Å². The molecule has 2 heterocycles. The maximum absolute atomic E-state index is 12.1. The molecular weight excluding hydrogens is 384 g/mol. The summed E-state index contributed by atoms with van der Waals surface area (Å²) in [5.41, 5.74) is 5.78. The van der Waals surface area contributed by atoms with Gasteiger partial charge in [0.2, 0.25) is 5.91 Å². The first-order chi connectivity index (χ1) is 15.1. The molecule has 0 aliphatic carbocycles. The molecule has 0 saturated carbocycles. The fraction of sp³-hybridized carbons (Fsp3) is 0.346. The molecule has 1 aliphatic heterocycles. The highest BCUT2D eigenvalue weighted by molar-refractivity contribution is 5.76. The molecule has 160 valence electrons. The second-order valence-electron chi connectivity index (χ2n) is 8.13. The Labute approximate surface area is 184 Å². The minimum absolute atomic E-state index is 0.226. The van der Waals surface area contributed by atoms with Crippen LogP contribution in [0.1, 0.15) is 35.7 Å². The smallest absolute Gasteiger partial charge is 0.222 e. The molecule has 2 aromatic carbocycles. The summed E-state index contributed by atoms with van der Waals surface area (Å²) in [5.74, 6) is 1.98. The number of nitrogens with zero attached hydrogens (tertiary/aromatic N) is 4. The molecule has 0 N–H and O–H groups in total. The van der Waals surface area contributed by atoms with Gasteiger partial charge in [0.15, 0.2) is 5.82 Å². The zero-order valence-electron chi connectivity index (χ0n) is 18.6. The Morgan fingerprint density at radius 2 is 1.58 bits per heavy atom. The summed E-state index contributed by atoms with van der Waals surface area (Å²) in [7, 11) is 0. The molecular formula is C26H30N4O. The summed E-state index contributed by atoms with van der Waals surface area (Å²) in [6, 6.07) is 18.6. The van der Waals surface area contributed by atoms with E-state index < -0.39 is 0 Å². The van der Waals surface area contributed by atoms with E-state index in [0.29, 0.717) is 6.42 Å². The topological polar surface area (TPSA) is 49.3 Å². The van der Waals surface area contributed by atoms with Crippen LogP contribution >= 0.6 is 0 Å². The van der Waals surface area contributed by atoms with Crippen LogP contribution in [0, 0.1) is 13.8 Å². The van der Waals surface area contributed by atoms with Crippen molar-refractivity contribution < 1.29 is 4.79 Å². The van der Waals surface area contributed by atoms with Crippen LogP contribution in [0.15, 0.2) is 54.6 Å². The predicted octanol–water partition coefficient (Wildman–Crippen LogP) is 4.41. The third-order valence-electron chi connectivity index (χ3n) is 6.09. The number of amides is 1. The third-order valence-corrected chi connectivity index (χ3v) is 6.09. The summed E-state index contributed by atoms with van der Waals surface area (Å²) in [5, 5.41) is 0. The molecule has 0 bridgehead atoms. The van der Waals surface area contributed by atoms with Gasteiger partial charge in [-0.25, -0.2) is 9.97 Å². The van der Waals surface area contributed by atoms with Crippen molar-refractivity contribution in [2.75, 3.05) is 31.1 Å². The van der Waals surface area contributed by atoms with E-state index in [2.05, 4.69) is 55.1 Å². The summed E-state index contributed by atoms with van der Waals surface area (Å²) in [6.07, 6.45) is 1.36. The van der Waals surface area contributed by atoms with Gasteiger partial charge in [0, 0.05) is 55.8 Å². The van der Waals surface area contributed by atoms with E-state index in [4.69, 9.17) is 9.97 Å². The van der Waals surface area contributed by atoms with Crippen molar-refractivity contribution >= 4 is 11.7 Å². The minimum atomic E-state index is 0.226. The van der Waals surface area contributed by atoms with Crippen LogP contribution in [0.3, 0.4) is 0 Å². The molecule has 1 aromatic heterocycles. The zero-order valence-corrected chi connectivity index (χ0v) is 18.6. The molecule has 1 aliphatic rings. The van der Waals surface area contributed by atoms with Crippen molar-refractivity contribution in [1.29, 1.82) is 0 Å². The van der Waals surface area contributed by atoms with E-state index in [1.165, 1.54) is 16.7 Å². The van der Waals surface area contributed by atoms with Gasteiger partial charge in [-0.3, -0.25) is 4.79 Å². The van der Waals surface area contributed by atoms with Crippen molar-refractivity contribution in [3.05, 3.63) is 77.0 Å². The van der Waals surface area contributed by atoms with E-state index >= 15 is 0 Å². The van der Waals surface area contributed by atoms with Gasteiger partial charge in [0.1, 0.15) is 5.82 Å². The van der Waals surface area contributed by atoms with Crippen molar-refractivity contribution in [2.45, 2.75) is 33.6 Å². The first-order valence-electron chi connectivity index (χ1n) is 11.1. The van der Waals surface area contributed by atoms with Gasteiger partial charge < -0.3 is 9.80 Å². The molecule has 1 amide bonds. The van der Waals surface area contributed by atoms with Gasteiger partial charge >= 0.3 is 0 Å². The number of carbonyl (C=O) groups is 1. The fourth-order valence-electron chi connectivity index (χ4n) is 4.16. The van der Waals surface area contributed by atoms with Crippen LogP contribution in [-0.4, -0.2) is 47.0 Å². The average Bonchev–Trinajstić information content (AvgIpc) is 2.81. The zero-order chi connectivity index (χ0) is 21.8. The lowest BCUT2D eigenvalue weighted by atomic mass is 9.99. The van der Waals surface area contributed by atoms with E-state index in [0.717, 1.165) is 55.5 Å². The van der Waals surface area contributed by atoms with Crippen LogP contribution in [0.5, 0.6) is 0 Å². The van der Waals surface area contributed by atoms with Crippen molar-refractivity contribution in [1.82, 2.24) is 14.9 Å². The fourth-order valence-corrected chi connectivity index (χ4v) is 4.16. The lowest BCUT2D eigenvalue weighted by molar-refractivity contribution is -0.131. The maximum atomic E-state index is 12.1. The monoisotopic (exact) mass is 414 g/mol. The largest absolute Gasteiger partial charge is 0.353 e. The van der Waals surface area contributed by atoms with Crippen LogP contribution in [0.25, 0.3) is 11.4 Å². The average molecular weight is 415 g/mol. The summed E-state index contributed by atoms with van der Waals surface area (Å²) in [4.78, 5) is 26.4. The van der Waals surface area contributed by atoms with Crippen molar-refractivity contribution in [3.8, 4) is 11.4 Å². The van der Waals surface area contributed by atoms with Crippen LogP contribution in [0.2, 0.25) is 0 Å². The molecule has 0 radical (unpaired) electrons. The van der Waals surface area contributed by atoms with E-state index in [9.17, 15) is 4.79 Å². The Hall–Kier alpha value is -3.21. The van der Waals surface area contributed by atoms with E-state index in [-0.39, 0.29) is 5.91 Å². The van der Waals surface area contributed by atoms with E-state index in [1.807, 2.05) is 30.0 Å². The Balaban J connectivity index is 1.72. The second-order valence-corrected chi connectivity index (χ2v) is 8.13. The number of benzene rings is 2. The Kier molecular flexibility index (Phi) is 6.31. The number of aromatic nitrogens is 2. The van der Waals surface area contributed by atoms with Gasteiger partial charge in [0.25, 0.3) is 0 Å². The SMILES string of the molecule is CCC(=O)N1CCN(c2nc(-c3ccccc3)nc(C)c2Cc2ccccc2C)CC1. The highest BCUT2D eigenvalue weighted by Crippen LogP contribution is 2.29. The summed E-state index contributed by atoms with van der Waals surface area (Å²) >= 11 is 0. The Morgan fingerprint density at radius 3 is 2.26 bits per heavy atom.